The molecule has 0 aliphatic rings. The van der Waals surface area contributed by atoms with Gasteiger partial charge in [-0.2, -0.15) is 5.10 Å². The number of hydrogen-bond acceptors (Lipinski definition) is 2. The summed E-state index contributed by atoms with van der Waals surface area (Å²) in [4.78, 5) is 11.7. The number of halogens is 1. The van der Waals surface area contributed by atoms with Crippen LogP contribution in [0.2, 0.25) is 5.02 Å². The molecule has 0 saturated heterocycles. The van der Waals surface area contributed by atoms with Gasteiger partial charge in [-0.15, -0.1) is 0 Å². The molecule has 1 N–H and O–H groups in total. The van der Waals surface area contributed by atoms with E-state index in [1.807, 2.05) is 37.5 Å². The summed E-state index contributed by atoms with van der Waals surface area (Å²) in [6.07, 6.45) is 6.85. The van der Waals surface area contributed by atoms with Gasteiger partial charge in [0.05, 0.1) is 6.20 Å². The Morgan fingerprint density at radius 3 is 2.67 bits per heavy atom. The molecule has 21 heavy (non-hydrogen) atoms. The van der Waals surface area contributed by atoms with E-state index in [0.717, 1.165) is 29.8 Å². The van der Waals surface area contributed by atoms with Gasteiger partial charge < -0.3 is 5.32 Å². The zero-order valence-electron chi connectivity index (χ0n) is 12.2. The number of benzene rings is 1. The maximum Gasteiger partial charge on any atom is 0.220 e. The van der Waals surface area contributed by atoms with Crippen LogP contribution < -0.4 is 5.32 Å². The minimum Gasteiger partial charge on any atom is -0.356 e. The maximum absolute atomic E-state index is 11.7. The Kier molecular flexibility index (Phi) is 5.81. The Morgan fingerprint density at radius 1 is 1.24 bits per heavy atom. The summed E-state index contributed by atoms with van der Waals surface area (Å²) in [6, 6.07) is 7.83. The van der Waals surface area contributed by atoms with Crippen LogP contribution in [0.15, 0.2) is 36.7 Å². The SMILES string of the molecule is Cn1cc(CCC(=O)NCCCc2ccc(Cl)cc2)cn1. The summed E-state index contributed by atoms with van der Waals surface area (Å²) >= 11 is 5.84. The third-order valence-corrected chi connectivity index (χ3v) is 3.53. The molecule has 1 aromatic carbocycles. The monoisotopic (exact) mass is 305 g/mol. The molecule has 1 amide bonds. The third-order valence-electron chi connectivity index (χ3n) is 3.28. The fraction of sp³-hybridized carbons (Fsp3) is 0.375. The van der Waals surface area contributed by atoms with Crippen molar-refractivity contribution in [1.29, 1.82) is 0 Å². The zero-order valence-corrected chi connectivity index (χ0v) is 12.9. The molecule has 2 rings (SSSR count). The van der Waals surface area contributed by atoms with Crippen molar-refractivity contribution < 1.29 is 4.79 Å². The van der Waals surface area contributed by atoms with Crippen LogP contribution in [-0.2, 0) is 24.7 Å². The Morgan fingerprint density at radius 2 is 2.00 bits per heavy atom. The van der Waals surface area contributed by atoms with Gasteiger partial charge in [-0.3, -0.25) is 9.48 Å². The van der Waals surface area contributed by atoms with Crippen molar-refractivity contribution in [2.24, 2.45) is 7.05 Å². The lowest BCUT2D eigenvalue weighted by molar-refractivity contribution is -0.121. The van der Waals surface area contributed by atoms with Crippen molar-refractivity contribution in [3.8, 4) is 0 Å². The second-order valence-electron chi connectivity index (χ2n) is 5.10. The van der Waals surface area contributed by atoms with Gasteiger partial charge in [-0.25, -0.2) is 0 Å². The topological polar surface area (TPSA) is 46.9 Å². The molecule has 0 aliphatic heterocycles. The highest BCUT2D eigenvalue weighted by atomic mass is 35.5. The number of amides is 1. The molecule has 0 bridgehead atoms. The Bertz CT molecular complexity index is 577. The summed E-state index contributed by atoms with van der Waals surface area (Å²) in [5.74, 6) is 0.0926. The molecular formula is C16H20ClN3O. The Hall–Kier alpha value is -1.81. The molecule has 0 aliphatic carbocycles. The van der Waals surface area contributed by atoms with E-state index in [4.69, 9.17) is 11.6 Å². The number of aryl methyl sites for hydroxylation is 3. The van der Waals surface area contributed by atoms with Gasteiger partial charge in [-0.1, -0.05) is 23.7 Å². The van der Waals surface area contributed by atoms with Crippen molar-refractivity contribution in [3.63, 3.8) is 0 Å². The van der Waals surface area contributed by atoms with Crippen LogP contribution in [0.5, 0.6) is 0 Å². The Balaban J connectivity index is 1.59. The molecule has 0 fully saturated rings. The van der Waals surface area contributed by atoms with Crippen LogP contribution in [0.4, 0.5) is 0 Å². The highest BCUT2D eigenvalue weighted by Crippen LogP contribution is 2.10. The summed E-state index contributed by atoms with van der Waals surface area (Å²) in [5.41, 5.74) is 2.33. The third kappa shape index (κ3) is 5.60. The van der Waals surface area contributed by atoms with E-state index in [0.29, 0.717) is 13.0 Å². The molecule has 2 aromatic rings. The Labute approximate surface area is 130 Å². The molecule has 0 spiro atoms. The van der Waals surface area contributed by atoms with E-state index in [-0.39, 0.29) is 5.91 Å². The average molecular weight is 306 g/mol. The second kappa shape index (κ2) is 7.84. The highest BCUT2D eigenvalue weighted by molar-refractivity contribution is 6.30. The van der Waals surface area contributed by atoms with E-state index < -0.39 is 0 Å². The van der Waals surface area contributed by atoms with Gasteiger partial charge >= 0.3 is 0 Å². The number of carbonyl (C=O) groups excluding carboxylic acids is 1. The average Bonchev–Trinajstić information content (AvgIpc) is 2.89. The van der Waals surface area contributed by atoms with Gasteiger partial charge in [0.15, 0.2) is 0 Å². The zero-order chi connectivity index (χ0) is 15.1. The van der Waals surface area contributed by atoms with E-state index in [1.54, 1.807) is 10.9 Å². The fourth-order valence-electron chi connectivity index (χ4n) is 2.12. The number of rotatable bonds is 7. The quantitative estimate of drug-likeness (QED) is 0.800. The largest absolute Gasteiger partial charge is 0.356 e. The van der Waals surface area contributed by atoms with Crippen LogP contribution in [0.1, 0.15) is 24.0 Å². The fourth-order valence-corrected chi connectivity index (χ4v) is 2.24. The molecule has 0 radical (unpaired) electrons. The van der Waals surface area contributed by atoms with Crippen molar-refractivity contribution in [1.82, 2.24) is 15.1 Å². The molecule has 5 heteroatoms. The van der Waals surface area contributed by atoms with Crippen LogP contribution in [-0.4, -0.2) is 22.2 Å². The van der Waals surface area contributed by atoms with Crippen molar-refractivity contribution >= 4 is 17.5 Å². The molecule has 1 heterocycles. The molecular weight excluding hydrogens is 286 g/mol. The van der Waals surface area contributed by atoms with Crippen molar-refractivity contribution in [2.45, 2.75) is 25.7 Å². The number of nitrogens with zero attached hydrogens (tertiary/aromatic N) is 2. The molecule has 1 aromatic heterocycles. The van der Waals surface area contributed by atoms with Gasteiger partial charge in [0.25, 0.3) is 0 Å². The van der Waals surface area contributed by atoms with Crippen molar-refractivity contribution in [2.75, 3.05) is 6.54 Å². The van der Waals surface area contributed by atoms with Crippen LogP contribution >= 0.6 is 11.6 Å². The minimum absolute atomic E-state index is 0.0926. The van der Waals surface area contributed by atoms with E-state index in [1.165, 1.54) is 5.56 Å². The highest BCUT2D eigenvalue weighted by Gasteiger charge is 2.03. The number of nitrogens with one attached hydrogen (secondary N) is 1. The first-order chi connectivity index (χ1) is 10.1. The van der Waals surface area contributed by atoms with Gasteiger partial charge in [0.1, 0.15) is 0 Å². The standard InChI is InChI=1S/C16H20ClN3O/c1-20-12-14(11-19-20)6-9-16(21)18-10-2-3-13-4-7-15(17)8-5-13/h4-5,7-8,11-12H,2-3,6,9-10H2,1H3,(H,18,21). The summed E-state index contributed by atoms with van der Waals surface area (Å²) in [7, 11) is 1.88. The van der Waals surface area contributed by atoms with E-state index >= 15 is 0 Å². The van der Waals surface area contributed by atoms with Crippen LogP contribution in [0, 0.1) is 0 Å². The molecule has 4 nitrogen and oxygen atoms in total. The van der Waals surface area contributed by atoms with Crippen LogP contribution in [0.3, 0.4) is 0 Å². The van der Waals surface area contributed by atoms with Gasteiger partial charge in [-0.05, 0) is 42.5 Å². The first-order valence-electron chi connectivity index (χ1n) is 7.12. The number of aromatic nitrogens is 2. The predicted octanol–water partition coefficient (Wildman–Crippen LogP) is 2.76. The lowest BCUT2D eigenvalue weighted by Crippen LogP contribution is -2.24. The number of hydrogen-bond donors (Lipinski definition) is 1. The maximum atomic E-state index is 11.7. The van der Waals surface area contributed by atoms with Gasteiger partial charge in [0, 0.05) is 31.2 Å². The summed E-state index contributed by atoms with van der Waals surface area (Å²) in [6.45, 7) is 0.703. The lowest BCUT2D eigenvalue weighted by atomic mass is 10.1. The normalized spacial score (nSPS) is 10.6. The first kappa shape index (κ1) is 15.6. The molecule has 112 valence electrons. The number of carbonyl (C=O) groups is 1. The molecule has 0 saturated carbocycles. The van der Waals surface area contributed by atoms with E-state index in [2.05, 4.69) is 10.4 Å². The minimum atomic E-state index is 0.0926. The predicted molar refractivity (Wildman–Crippen MR) is 84.3 cm³/mol. The molecule has 0 unspecified atom stereocenters. The second-order valence-corrected chi connectivity index (χ2v) is 5.54. The van der Waals surface area contributed by atoms with Gasteiger partial charge in [0.2, 0.25) is 5.91 Å². The van der Waals surface area contributed by atoms with Crippen LogP contribution in [0.25, 0.3) is 0 Å². The lowest BCUT2D eigenvalue weighted by Gasteiger charge is -2.05. The summed E-state index contributed by atoms with van der Waals surface area (Å²) < 4.78 is 1.75. The first-order valence-corrected chi connectivity index (χ1v) is 7.50. The smallest absolute Gasteiger partial charge is 0.220 e. The summed E-state index contributed by atoms with van der Waals surface area (Å²) in [5, 5.41) is 7.79. The van der Waals surface area contributed by atoms with Crippen molar-refractivity contribution in [3.05, 3.63) is 52.8 Å². The van der Waals surface area contributed by atoms with E-state index in [9.17, 15) is 4.79 Å². The molecule has 0 atom stereocenters.